The maximum absolute atomic E-state index is 12.9. The van der Waals surface area contributed by atoms with Crippen LogP contribution in [0.15, 0.2) is 58.8 Å². The number of alkyl halides is 3. The van der Waals surface area contributed by atoms with Crippen molar-refractivity contribution in [3.63, 3.8) is 0 Å². The van der Waals surface area contributed by atoms with Gasteiger partial charge in [0.25, 0.3) is 5.56 Å². The number of hydrogen-bond acceptors (Lipinski definition) is 4. The number of rotatable bonds is 4. The average molecular weight is 393 g/mol. The molecule has 5 nitrogen and oxygen atoms in total. The first-order valence-corrected chi connectivity index (χ1v) is 8.71. The number of aromatic nitrogens is 2. The molecule has 0 aliphatic carbocycles. The Bertz CT molecular complexity index is 1010. The van der Waals surface area contributed by atoms with Crippen molar-refractivity contribution in [1.82, 2.24) is 9.55 Å². The Hall–Kier alpha value is -2.94. The van der Waals surface area contributed by atoms with E-state index in [-0.39, 0.29) is 12.5 Å². The molecule has 1 aromatic carbocycles. The van der Waals surface area contributed by atoms with Crippen molar-refractivity contribution < 1.29 is 18.0 Å². The second-order valence-corrected chi connectivity index (χ2v) is 6.53. The SMILES string of the molecule is CC(=O)N(c1ccccc1)c1nc(Cn2cc(C(F)(F)F)ccc2=O)cs1. The molecule has 0 saturated heterocycles. The minimum absolute atomic E-state index is 0.125. The molecule has 3 rings (SSSR count). The molecular formula is C18H14F3N3O2S. The number of benzene rings is 1. The van der Waals surface area contributed by atoms with Crippen LogP contribution < -0.4 is 10.5 Å². The highest BCUT2D eigenvalue weighted by Crippen LogP contribution is 2.30. The van der Waals surface area contributed by atoms with Crippen LogP contribution in [0.5, 0.6) is 0 Å². The molecule has 3 aromatic rings. The van der Waals surface area contributed by atoms with Crippen LogP contribution in [0.25, 0.3) is 0 Å². The predicted octanol–water partition coefficient (Wildman–Crippen LogP) is 4.06. The van der Waals surface area contributed by atoms with Crippen LogP contribution in [0.3, 0.4) is 0 Å². The largest absolute Gasteiger partial charge is 0.417 e. The van der Waals surface area contributed by atoms with E-state index in [9.17, 15) is 22.8 Å². The summed E-state index contributed by atoms with van der Waals surface area (Å²) in [5.41, 5.74) is -0.461. The van der Waals surface area contributed by atoms with Gasteiger partial charge in [0, 0.05) is 24.6 Å². The third kappa shape index (κ3) is 4.25. The molecule has 0 N–H and O–H groups in total. The first kappa shape index (κ1) is 18.8. The smallest absolute Gasteiger partial charge is 0.309 e. The van der Waals surface area contributed by atoms with Crippen molar-refractivity contribution in [2.45, 2.75) is 19.6 Å². The molecule has 140 valence electrons. The van der Waals surface area contributed by atoms with E-state index < -0.39 is 17.3 Å². The van der Waals surface area contributed by atoms with Crippen LogP contribution in [0.1, 0.15) is 18.2 Å². The minimum Gasteiger partial charge on any atom is -0.309 e. The molecule has 2 heterocycles. The molecule has 27 heavy (non-hydrogen) atoms. The van der Waals surface area contributed by atoms with Gasteiger partial charge in [-0.2, -0.15) is 13.2 Å². The second-order valence-electron chi connectivity index (χ2n) is 5.69. The fourth-order valence-corrected chi connectivity index (χ4v) is 3.35. The minimum atomic E-state index is -4.54. The van der Waals surface area contributed by atoms with E-state index in [2.05, 4.69) is 4.98 Å². The van der Waals surface area contributed by atoms with Gasteiger partial charge in [0.2, 0.25) is 5.91 Å². The number of carbonyl (C=O) groups excluding carboxylic acids is 1. The monoisotopic (exact) mass is 393 g/mol. The first-order valence-electron chi connectivity index (χ1n) is 7.83. The third-order valence-corrected chi connectivity index (χ3v) is 4.58. The number of thiazole rings is 1. The normalized spacial score (nSPS) is 11.4. The van der Waals surface area contributed by atoms with Gasteiger partial charge in [-0.1, -0.05) is 18.2 Å². The summed E-state index contributed by atoms with van der Waals surface area (Å²) < 4.78 is 39.5. The Morgan fingerprint density at radius 3 is 2.52 bits per heavy atom. The Labute approximate surface area is 156 Å². The molecule has 9 heteroatoms. The van der Waals surface area contributed by atoms with Crippen molar-refractivity contribution in [2.24, 2.45) is 0 Å². The molecule has 0 bridgehead atoms. The number of para-hydroxylation sites is 1. The maximum Gasteiger partial charge on any atom is 0.417 e. The van der Waals surface area contributed by atoms with E-state index in [1.54, 1.807) is 29.6 Å². The van der Waals surface area contributed by atoms with Crippen LogP contribution in [0.2, 0.25) is 0 Å². The average Bonchev–Trinajstić information content (AvgIpc) is 3.04. The Morgan fingerprint density at radius 1 is 1.19 bits per heavy atom. The van der Waals surface area contributed by atoms with Gasteiger partial charge in [0.1, 0.15) is 0 Å². The van der Waals surface area contributed by atoms with E-state index in [4.69, 9.17) is 0 Å². The number of pyridine rings is 1. The molecule has 0 unspecified atom stereocenters. The quantitative estimate of drug-likeness (QED) is 0.672. The Balaban J connectivity index is 1.90. The topological polar surface area (TPSA) is 55.2 Å². The number of hydrogen-bond donors (Lipinski definition) is 0. The molecule has 0 saturated carbocycles. The molecular weight excluding hydrogens is 379 g/mol. The molecule has 0 spiro atoms. The summed E-state index contributed by atoms with van der Waals surface area (Å²) in [6, 6.07) is 10.5. The summed E-state index contributed by atoms with van der Waals surface area (Å²) in [5.74, 6) is -0.252. The van der Waals surface area contributed by atoms with Gasteiger partial charge in [0.05, 0.1) is 23.5 Å². The zero-order chi connectivity index (χ0) is 19.6. The summed E-state index contributed by atoms with van der Waals surface area (Å²) in [5, 5.41) is 1.99. The van der Waals surface area contributed by atoms with Gasteiger partial charge in [-0.3, -0.25) is 14.5 Å². The molecule has 0 fully saturated rings. The van der Waals surface area contributed by atoms with Crippen molar-refractivity contribution in [3.05, 3.63) is 75.7 Å². The fourth-order valence-electron chi connectivity index (χ4n) is 2.47. The highest BCUT2D eigenvalue weighted by Gasteiger charge is 2.31. The number of halogens is 3. The Kier molecular flexibility index (Phi) is 5.13. The summed E-state index contributed by atoms with van der Waals surface area (Å²) in [6.07, 6.45) is -3.78. The lowest BCUT2D eigenvalue weighted by Crippen LogP contribution is -2.23. The van der Waals surface area contributed by atoms with Crippen LogP contribution >= 0.6 is 11.3 Å². The predicted molar refractivity (Wildman–Crippen MR) is 96.2 cm³/mol. The maximum atomic E-state index is 12.9. The van der Waals surface area contributed by atoms with Gasteiger partial charge < -0.3 is 4.57 Å². The molecule has 0 aliphatic heterocycles. The van der Waals surface area contributed by atoms with Crippen molar-refractivity contribution in [1.29, 1.82) is 0 Å². The molecule has 0 radical (unpaired) electrons. The number of amides is 1. The van der Waals surface area contributed by atoms with E-state index in [1.807, 2.05) is 6.07 Å². The van der Waals surface area contributed by atoms with Crippen molar-refractivity contribution in [2.75, 3.05) is 4.90 Å². The Morgan fingerprint density at radius 2 is 1.89 bits per heavy atom. The van der Waals surface area contributed by atoms with Gasteiger partial charge in [-0.25, -0.2) is 4.98 Å². The van der Waals surface area contributed by atoms with Gasteiger partial charge in [-0.15, -0.1) is 11.3 Å². The number of nitrogens with zero attached hydrogens (tertiary/aromatic N) is 3. The third-order valence-electron chi connectivity index (χ3n) is 3.70. The lowest BCUT2D eigenvalue weighted by atomic mass is 10.2. The van der Waals surface area contributed by atoms with Gasteiger partial charge >= 0.3 is 6.18 Å². The summed E-state index contributed by atoms with van der Waals surface area (Å²) in [6.45, 7) is 1.27. The van der Waals surface area contributed by atoms with Crippen LogP contribution in [0, 0.1) is 0 Å². The van der Waals surface area contributed by atoms with E-state index in [1.165, 1.54) is 23.2 Å². The highest BCUT2D eigenvalue weighted by atomic mass is 32.1. The van der Waals surface area contributed by atoms with Crippen LogP contribution in [-0.2, 0) is 17.5 Å². The van der Waals surface area contributed by atoms with Gasteiger partial charge in [-0.05, 0) is 18.2 Å². The highest BCUT2D eigenvalue weighted by molar-refractivity contribution is 7.14. The molecule has 1 amide bonds. The van der Waals surface area contributed by atoms with E-state index in [0.29, 0.717) is 16.5 Å². The van der Waals surface area contributed by atoms with Crippen LogP contribution in [0.4, 0.5) is 24.0 Å². The van der Waals surface area contributed by atoms with E-state index >= 15 is 0 Å². The van der Waals surface area contributed by atoms with E-state index in [0.717, 1.165) is 22.9 Å². The summed E-state index contributed by atoms with van der Waals surface area (Å²) in [7, 11) is 0. The summed E-state index contributed by atoms with van der Waals surface area (Å²) in [4.78, 5) is 29.6. The lowest BCUT2D eigenvalue weighted by Gasteiger charge is -2.17. The van der Waals surface area contributed by atoms with Crippen molar-refractivity contribution >= 4 is 28.1 Å². The fraction of sp³-hybridized carbons (Fsp3) is 0.167. The zero-order valence-corrected chi connectivity index (χ0v) is 14.9. The van der Waals surface area contributed by atoms with Crippen molar-refractivity contribution in [3.8, 4) is 0 Å². The molecule has 0 atom stereocenters. The number of anilines is 2. The lowest BCUT2D eigenvalue weighted by molar-refractivity contribution is -0.138. The molecule has 0 aliphatic rings. The zero-order valence-electron chi connectivity index (χ0n) is 14.1. The first-order chi connectivity index (χ1) is 12.8. The second kappa shape index (κ2) is 7.36. The van der Waals surface area contributed by atoms with Crippen LogP contribution in [-0.4, -0.2) is 15.5 Å². The molecule has 2 aromatic heterocycles. The van der Waals surface area contributed by atoms with Gasteiger partial charge in [0.15, 0.2) is 5.13 Å². The summed E-state index contributed by atoms with van der Waals surface area (Å²) >= 11 is 1.17. The standard InChI is InChI=1S/C18H14F3N3O2S/c1-12(25)24(15-5-3-2-4-6-15)17-22-14(11-27-17)10-23-9-13(18(19,20)21)7-8-16(23)26/h2-9,11H,10H2,1H3. The number of carbonyl (C=O) groups is 1.